The highest BCUT2D eigenvalue weighted by molar-refractivity contribution is 7.09. The summed E-state index contributed by atoms with van der Waals surface area (Å²) in [5.74, 6) is -0.301. The lowest BCUT2D eigenvalue weighted by Crippen LogP contribution is -2.32. The van der Waals surface area contributed by atoms with E-state index in [1.165, 1.54) is 0 Å². The molecule has 1 fully saturated rings. The lowest BCUT2D eigenvalue weighted by atomic mass is 10.1. The number of nitrogens with zero attached hydrogens (tertiary/aromatic N) is 1. The zero-order valence-electron chi connectivity index (χ0n) is 18.2. The Labute approximate surface area is 196 Å². The average molecular weight is 464 g/mol. The van der Waals surface area contributed by atoms with Crippen LogP contribution in [0.15, 0.2) is 66.0 Å². The lowest BCUT2D eigenvalue weighted by molar-refractivity contribution is -0.126. The van der Waals surface area contributed by atoms with E-state index in [4.69, 9.17) is 4.74 Å². The SMILES string of the molecule is Cc1ccccc1NC(=O)COc1ccc(N2C[C@H](C(=O)NCc3cccs3)CC2=O)cc1. The largest absolute Gasteiger partial charge is 0.484 e. The predicted octanol–water partition coefficient (Wildman–Crippen LogP) is 3.74. The van der Waals surface area contributed by atoms with Gasteiger partial charge < -0.3 is 20.3 Å². The molecular weight excluding hydrogens is 438 g/mol. The highest BCUT2D eigenvalue weighted by Crippen LogP contribution is 2.27. The highest BCUT2D eigenvalue weighted by atomic mass is 32.1. The summed E-state index contributed by atoms with van der Waals surface area (Å²) in [6, 6.07) is 18.4. The summed E-state index contributed by atoms with van der Waals surface area (Å²) < 4.78 is 5.57. The lowest BCUT2D eigenvalue weighted by Gasteiger charge is -2.17. The first-order valence-electron chi connectivity index (χ1n) is 10.7. The van der Waals surface area contributed by atoms with E-state index in [2.05, 4.69) is 10.6 Å². The Morgan fingerprint density at radius 2 is 1.88 bits per heavy atom. The molecule has 2 aromatic carbocycles. The Morgan fingerprint density at radius 1 is 1.09 bits per heavy atom. The molecule has 4 rings (SSSR count). The van der Waals surface area contributed by atoms with Gasteiger partial charge in [-0.05, 0) is 54.3 Å². The van der Waals surface area contributed by atoms with Gasteiger partial charge >= 0.3 is 0 Å². The quantitative estimate of drug-likeness (QED) is 0.533. The number of carbonyl (C=O) groups excluding carboxylic acids is 3. The number of carbonyl (C=O) groups is 3. The number of hydrogen-bond acceptors (Lipinski definition) is 5. The molecule has 3 aromatic rings. The van der Waals surface area contributed by atoms with Gasteiger partial charge in [-0.25, -0.2) is 0 Å². The monoisotopic (exact) mass is 463 g/mol. The molecule has 1 saturated heterocycles. The normalized spacial score (nSPS) is 15.4. The van der Waals surface area contributed by atoms with E-state index >= 15 is 0 Å². The van der Waals surface area contributed by atoms with Crippen LogP contribution in [0.3, 0.4) is 0 Å². The second-order valence-corrected chi connectivity index (χ2v) is 8.88. The number of nitrogens with one attached hydrogen (secondary N) is 2. The fourth-order valence-electron chi connectivity index (χ4n) is 3.64. The first-order chi connectivity index (χ1) is 16.0. The number of benzene rings is 2. The van der Waals surface area contributed by atoms with Crippen LogP contribution in [0.5, 0.6) is 5.75 Å². The Kier molecular flexibility index (Phi) is 7.04. The number of ether oxygens (including phenoxy) is 1. The Balaban J connectivity index is 1.27. The molecule has 0 spiro atoms. The summed E-state index contributed by atoms with van der Waals surface area (Å²) in [5.41, 5.74) is 2.43. The van der Waals surface area contributed by atoms with Crippen LogP contribution in [0.1, 0.15) is 16.9 Å². The van der Waals surface area contributed by atoms with Gasteiger partial charge in [0, 0.05) is 29.2 Å². The summed E-state index contributed by atoms with van der Waals surface area (Å²) in [6.07, 6.45) is 0.188. The second kappa shape index (κ2) is 10.3. The Morgan fingerprint density at radius 3 is 2.61 bits per heavy atom. The molecule has 0 saturated carbocycles. The van der Waals surface area contributed by atoms with Crippen LogP contribution in [0.4, 0.5) is 11.4 Å². The van der Waals surface area contributed by atoms with Gasteiger partial charge in [0.05, 0.1) is 12.5 Å². The summed E-state index contributed by atoms with van der Waals surface area (Å²) in [6.45, 7) is 2.62. The summed E-state index contributed by atoms with van der Waals surface area (Å²) in [4.78, 5) is 39.8. The van der Waals surface area contributed by atoms with Crippen LogP contribution in [0.2, 0.25) is 0 Å². The Hall–Kier alpha value is -3.65. The number of hydrogen-bond donors (Lipinski definition) is 2. The van der Waals surface area contributed by atoms with Crippen molar-refractivity contribution in [3.8, 4) is 5.75 Å². The third kappa shape index (κ3) is 5.78. The van der Waals surface area contributed by atoms with E-state index < -0.39 is 0 Å². The van der Waals surface area contributed by atoms with Gasteiger partial charge in [-0.1, -0.05) is 24.3 Å². The van der Waals surface area contributed by atoms with E-state index in [-0.39, 0.29) is 36.7 Å². The van der Waals surface area contributed by atoms with Crippen LogP contribution in [-0.4, -0.2) is 30.9 Å². The van der Waals surface area contributed by atoms with Crippen molar-refractivity contribution >= 4 is 40.4 Å². The van der Waals surface area contributed by atoms with E-state index in [9.17, 15) is 14.4 Å². The molecule has 1 atom stereocenters. The van der Waals surface area contributed by atoms with E-state index in [0.29, 0.717) is 24.5 Å². The molecule has 3 amide bonds. The highest BCUT2D eigenvalue weighted by Gasteiger charge is 2.35. The third-order valence-electron chi connectivity index (χ3n) is 5.45. The maximum atomic E-state index is 12.5. The predicted molar refractivity (Wildman–Crippen MR) is 128 cm³/mol. The number of anilines is 2. The molecule has 8 heteroatoms. The molecule has 2 N–H and O–H groups in total. The molecular formula is C25H25N3O4S. The summed E-state index contributed by atoms with van der Waals surface area (Å²) in [7, 11) is 0. The van der Waals surface area contributed by atoms with Gasteiger partial charge in [0.1, 0.15) is 5.75 Å². The third-order valence-corrected chi connectivity index (χ3v) is 6.33. The molecule has 0 unspecified atom stereocenters. The smallest absolute Gasteiger partial charge is 0.262 e. The molecule has 0 radical (unpaired) electrons. The number of rotatable bonds is 8. The molecule has 0 aliphatic carbocycles. The zero-order valence-corrected chi connectivity index (χ0v) is 19.1. The van der Waals surface area contributed by atoms with Gasteiger partial charge in [0.2, 0.25) is 11.8 Å². The van der Waals surface area contributed by atoms with Crippen LogP contribution in [0, 0.1) is 12.8 Å². The number of amides is 3. The van der Waals surface area contributed by atoms with E-state index in [1.54, 1.807) is 40.5 Å². The number of para-hydroxylation sites is 1. The number of aryl methyl sites for hydroxylation is 1. The Bertz CT molecular complexity index is 1130. The minimum absolute atomic E-state index is 0.0856. The van der Waals surface area contributed by atoms with Crippen molar-refractivity contribution in [3.05, 3.63) is 76.5 Å². The number of thiophene rings is 1. The molecule has 7 nitrogen and oxygen atoms in total. The second-order valence-electron chi connectivity index (χ2n) is 7.85. The standard InChI is InChI=1S/C25H25N3O4S/c1-17-5-2-3-7-22(17)27-23(29)16-32-20-10-8-19(9-11-20)28-15-18(13-24(28)30)25(31)26-14-21-6-4-12-33-21/h2-12,18H,13-16H2,1H3,(H,26,31)(H,27,29)/t18-/m1/s1. The van der Waals surface area contributed by atoms with Crippen LogP contribution in [0.25, 0.3) is 0 Å². The molecule has 1 aliphatic heterocycles. The molecule has 2 heterocycles. The minimum Gasteiger partial charge on any atom is -0.484 e. The van der Waals surface area contributed by atoms with E-state index in [1.807, 2.05) is 48.7 Å². The average Bonchev–Trinajstić information content (AvgIpc) is 3.48. The van der Waals surface area contributed by atoms with Gasteiger partial charge in [-0.3, -0.25) is 14.4 Å². The van der Waals surface area contributed by atoms with Crippen LogP contribution < -0.4 is 20.3 Å². The van der Waals surface area contributed by atoms with Gasteiger partial charge in [0.25, 0.3) is 5.91 Å². The van der Waals surface area contributed by atoms with Crippen molar-refractivity contribution in [2.75, 3.05) is 23.4 Å². The van der Waals surface area contributed by atoms with Crippen molar-refractivity contribution in [2.24, 2.45) is 5.92 Å². The zero-order chi connectivity index (χ0) is 23.2. The molecule has 0 bridgehead atoms. The van der Waals surface area contributed by atoms with Crippen LogP contribution in [-0.2, 0) is 20.9 Å². The fraction of sp³-hybridized carbons (Fsp3) is 0.240. The molecule has 170 valence electrons. The fourth-order valence-corrected chi connectivity index (χ4v) is 4.28. The van der Waals surface area contributed by atoms with Crippen molar-refractivity contribution in [1.29, 1.82) is 0 Å². The van der Waals surface area contributed by atoms with Gasteiger partial charge in [-0.15, -0.1) is 11.3 Å². The van der Waals surface area contributed by atoms with Crippen molar-refractivity contribution < 1.29 is 19.1 Å². The van der Waals surface area contributed by atoms with Crippen LogP contribution >= 0.6 is 11.3 Å². The van der Waals surface area contributed by atoms with Crippen molar-refractivity contribution in [1.82, 2.24) is 5.32 Å². The summed E-state index contributed by atoms with van der Waals surface area (Å²) in [5, 5.41) is 7.70. The maximum Gasteiger partial charge on any atom is 0.262 e. The topological polar surface area (TPSA) is 87.7 Å². The van der Waals surface area contributed by atoms with Gasteiger partial charge in [0.15, 0.2) is 6.61 Å². The summed E-state index contributed by atoms with van der Waals surface area (Å²) >= 11 is 1.58. The van der Waals surface area contributed by atoms with Crippen molar-refractivity contribution in [3.63, 3.8) is 0 Å². The first kappa shape index (κ1) is 22.5. The first-order valence-corrected chi connectivity index (χ1v) is 11.6. The molecule has 1 aliphatic rings. The van der Waals surface area contributed by atoms with Gasteiger partial charge in [-0.2, -0.15) is 0 Å². The molecule has 33 heavy (non-hydrogen) atoms. The van der Waals surface area contributed by atoms with Crippen molar-refractivity contribution in [2.45, 2.75) is 19.9 Å². The molecule has 1 aromatic heterocycles. The maximum absolute atomic E-state index is 12.5. The minimum atomic E-state index is -0.376. The van der Waals surface area contributed by atoms with E-state index in [0.717, 1.165) is 16.1 Å².